The quantitative estimate of drug-likeness (QED) is 0.382. The summed E-state index contributed by atoms with van der Waals surface area (Å²) in [6.45, 7) is 4.59. The predicted octanol–water partition coefficient (Wildman–Crippen LogP) is 7.86. The number of unbranched alkanes of at least 4 members (excludes halogenated alkanes) is 5. The Bertz CT molecular complexity index is 435. The van der Waals surface area contributed by atoms with Gasteiger partial charge in [0.05, 0.1) is 0 Å². The lowest BCUT2D eigenvalue weighted by molar-refractivity contribution is -0.169. The first-order valence-electron chi connectivity index (χ1n) is 12.2. The Hall–Kier alpha value is -0.330. The number of rotatable bonds is 9. The standard InChI is InChI=1S/C25H44O/c1-3-5-7-8-9-11-22-14-18-25(19-15-22)20-24(23(25)26)16-12-21(13-17-24)10-6-4-2/h21-22H,3-20H2,1-2H3. The van der Waals surface area contributed by atoms with Gasteiger partial charge in [0.1, 0.15) is 5.78 Å². The molecular weight excluding hydrogens is 316 g/mol. The van der Waals surface area contributed by atoms with E-state index in [0.717, 1.165) is 17.6 Å². The van der Waals surface area contributed by atoms with Gasteiger partial charge in [0.15, 0.2) is 0 Å². The highest BCUT2D eigenvalue weighted by Crippen LogP contribution is 2.64. The summed E-state index contributed by atoms with van der Waals surface area (Å²) in [4.78, 5) is 13.3. The second-order valence-corrected chi connectivity index (χ2v) is 10.3. The van der Waals surface area contributed by atoms with Gasteiger partial charge in [0.2, 0.25) is 0 Å². The third-order valence-corrected chi connectivity index (χ3v) is 8.45. The fraction of sp³-hybridized carbons (Fsp3) is 0.960. The third-order valence-electron chi connectivity index (χ3n) is 8.45. The number of ketones is 1. The van der Waals surface area contributed by atoms with E-state index in [1.807, 2.05) is 0 Å². The van der Waals surface area contributed by atoms with Gasteiger partial charge in [0, 0.05) is 10.8 Å². The molecule has 0 unspecified atom stereocenters. The fourth-order valence-corrected chi connectivity index (χ4v) is 6.64. The summed E-state index contributed by atoms with van der Waals surface area (Å²) in [6, 6.07) is 0. The minimum absolute atomic E-state index is 0.148. The summed E-state index contributed by atoms with van der Waals surface area (Å²) in [5, 5.41) is 0. The third kappa shape index (κ3) is 4.39. The normalized spacial score (nSPS) is 37.2. The number of carbonyl (C=O) groups is 1. The lowest BCUT2D eigenvalue weighted by atomic mass is 9.43. The first-order chi connectivity index (χ1) is 12.6. The van der Waals surface area contributed by atoms with E-state index in [4.69, 9.17) is 0 Å². The van der Waals surface area contributed by atoms with E-state index in [2.05, 4.69) is 13.8 Å². The second kappa shape index (κ2) is 9.24. The monoisotopic (exact) mass is 360 g/mol. The van der Waals surface area contributed by atoms with Gasteiger partial charge in [-0.1, -0.05) is 71.6 Å². The summed E-state index contributed by atoms with van der Waals surface area (Å²) in [7, 11) is 0. The maximum atomic E-state index is 13.3. The number of Topliss-reactive ketones (excluding diaryl/α,β-unsaturated/α-hetero) is 1. The molecule has 3 fully saturated rings. The summed E-state index contributed by atoms with van der Waals surface area (Å²) in [6.07, 6.45) is 24.1. The van der Waals surface area contributed by atoms with Crippen LogP contribution in [0, 0.1) is 22.7 Å². The SMILES string of the molecule is CCCCCCCC1CCC2(CC1)CC1(CCC(CCCC)CC1)C2=O. The molecule has 0 aromatic heterocycles. The molecule has 2 spiro atoms. The second-order valence-electron chi connectivity index (χ2n) is 10.3. The minimum atomic E-state index is 0.148. The molecule has 3 aliphatic rings. The highest BCUT2D eigenvalue weighted by molar-refractivity contribution is 5.96. The van der Waals surface area contributed by atoms with E-state index in [9.17, 15) is 4.79 Å². The molecule has 0 heterocycles. The summed E-state index contributed by atoms with van der Waals surface area (Å²) < 4.78 is 0. The highest BCUT2D eigenvalue weighted by Gasteiger charge is 2.62. The van der Waals surface area contributed by atoms with Gasteiger partial charge in [0.25, 0.3) is 0 Å². The molecule has 0 aromatic rings. The van der Waals surface area contributed by atoms with Crippen LogP contribution in [-0.2, 0) is 4.79 Å². The molecule has 1 heteroatoms. The summed E-state index contributed by atoms with van der Waals surface area (Å²) >= 11 is 0. The molecule has 3 rings (SSSR count). The van der Waals surface area contributed by atoms with Crippen LogP contribution in [0.3, 0.4) is 0 Å². The van der Waals surface area contributed by atoms with E-state index in [1.54, 1.807) is 0 Å². The van der Waals surface area contributed by atoms with E-state index in [0.29, 0.717) is 0 Å². The smallest absolute Gasteiger partial charge is 0.145 e. The maximum absolute atomic E-state index is 13.3. The van der Waals surface area contributed by atoms with Crippen LogP contribution >= 0.6 is 0 Å². The van der Waals surface area contributed by atoms with Crippen LogP contribution in [0.25, 0.3) is 0 Å². The van der Waals surface area contributed by atoms with Crippen molar-refractivity contribution in [3.05, 3.63) is 0 Å². The number of carbonyl (C=O) groups excluding carboxylic acids is 1. The largest absolute Gasteiger partial charge is 0.298 e. The molecule has 0 aliphatic heterocycles. The van der Waals surface area contributed by atoms with Crippen molar-refractivity contribution in [1.29, 1.82) is 0 Å². The van der Waals surface area contributed by atoms with E-state index in [1.165, 1.54) is 116 Å². The van der Waals surface area contributed by atoms with E-state index in [-0.39, 0.29) is 10.8 Å². The van der Waals surface area contributed by atoms with Crippen molar-refractivity contribution in [3.63, 3.8) is 0 Å². The van der Waals surface area contributed by atoms with Crippen molar-refractivity contribution in [2.45, 2.75) is 129 Å². The van der Waals surface area contributed by atoms with Crippen LogP contribution in [-0.4, -0.2) is 5.78 Å². The first kappa shape index (κ1) is 20.4. The summed E-state index contributed by atoms with van der Waals surface area (Å²) in [5.41, 5.74) is 0.296. The Labute approximate surface area is 163 Å². The Balaban J connectivity index is 1.38. The van der Waals surface area contributed by atoms with E-state index >= 15 is 0 Å². The molecular formula is C25H44O. The fourth-order valence-electron chi connectivity index (χ4n) is 6.64. The van der Waals surface area contributed by atoms with Crippen molar-refractivity contribution in [1.82, 2.24) is 0 Å². The van der Waals surface area contributed by atoms with Gasteiger partial charge in [-0.15, -0.1) is 0 Å². The van der Waals surface area contributed by atoms with Crippen molar-refractivity contribution in [3.8, 4) is 0 Å². The molecule has 150 valence electrons. The molecule has 0 N–H and O–H groups in total. The van der Waals surface area contributed by atoms with Gasteiger partial charge in [-0.3, -0.25) is 4.79 Å². The number of hydrogen-bond acceptors (Lipinski definition) is 1. The zero-order valence-corrected chi connectivity index (χ0v) is 17.8. The van der Waals surface area contributed by atoms with Crippen LogP contribution in [0.4, 0.5) is 0 Å². The molecule has 1 nitrogen and oxygen atoms in total. The zero-order chi connectivity index (χ0) is 18.5. The van der Waals surface area contributed by atoms with E-state index < -0.39 is 0 Å². The predicted molar refractivity (Wildman–Crippen MR) is 111 cm³/mol. The Morgan fingerprint density at radius 3 is 1.62 bits per heavy atom. The molecule has 0 amide bonds. The van der Waals surface area contributed by atoms with Crippen LogP contribution < -0.4 is 0 Å². The molecule has 0 aromatic carbocycles. The molecule has 0 radical (unpaired) electrons. The zero-order valence-electron chi connectivity index (χ0n) is 17.8. The van der Waals surface area contributed by atoms with Gasteiger partial charge in [-0.2, -0.15) is 0 Å². The molecule has 3 aliphatic carbocycles. The highest BCUT2D eigenvalue weighted by atomic mass is 16.1. The van der Waals surface area contributed by atoms with Crippen LogP contribution in [0.2, 0.25) is 0 Å². The lowest BCUT2D eigenvalue weighted by Crippen LogP contribution is -2.59. The lowest BCUT2D eigenvalue weighted by Gasteiger charge is -2.59. The van der Waals surface area contributed by atoms with Crippen LogP contribution in [0.15, 0.2) is 0 Å². The molecule has 3 saturated carbocycles. The van der Waals surface area contributed by atoms with Crippen molar-refractivity contribution < 1.29 is 4.79 Å². The van der Waals surface area contributed by atoms with Gasteiger partial charge >= 0.3 is 0 Å². The Kier molecular flexibility index (Phi) is 7.25. The van der Waals surface area contributed by atoms with Gasteiger partial charge in [-0.25, -0.2) is 0 Å². The summed E-state index contributed by atoms with van der Waals surface area (Å²) in [5.74, 6) is 2.57. The maximum Gasteiger partial charge on any atom is 0.145 e. The average Bonchev–Trinajstić information content (AvgIpc) is 2.68. The van der Waals surface area contributed by atoms with Crippen molar-refractivity contribution >= 4 is 5.78 Å². The number of hydrogen-bond donors (Lipinski definition) is 0. The minimum Gasteiger partial charge on any atom is -0.298 e. The Morgan fingerprint density at radius 1 is 0.692 bits per heavy atom. The average molecular weight is 361 g/mol. The molecule has 0 bridgehead atoms. The van der Waals surface area contributed by atoms with Crippen molar-refractivity contribution in [2.24, 2.45) is 22.7 Å². The molecule has 26 heavy (non-hydrogen) atoms. The Morgan fingerprint density at radius 2 is 1.15 bits per heavy atom. The van der Waals surface area contributed by atoms with Gasteiger partial charge < -0.3 is 0 Å². The van der Waals surface area contributed by atoms with Gasteiger partial charge in [-0.05, 0) is 69.6 Å². The van der Waals surface area contributed by atoms with Crippen molar-refractivity contribution in [2.75, 3.05) is 0 Å². The molecule has 0 atom stereocenters. The van der Waals surface area contributed by atoms with Crippen LogP contribution in [0.1, 0.15) is 129 Å². The molecule has 0 saturated heterocycles. The first-order valence-corrected chi connectivity index (χ1v) is 12.2. The van der Waals surface area contributed by atoms with Crippen LogP contribution in [0.5, 0.6) is 0 Å². The topological polar surface area (TPSA) is 17.1 Å².